The fourth-order valence-electron chi connectivity index (χ4n) is 3.82. The molecular formula is C25H28ClF3N6O2. The van der Waals surface area contributed by atoms with Crippen molar-refractivity contribution < 1.29 is 23.0 Å². The summed E-state index contributed by atoms with van der Waals surface area (Å²) < 4.78 is 44.3. The summed E-state index contributed by atoms with van der Waals surface area (Å²) in [6, 6.07) is 0. The van der Waals surface area contributed by atoms with E-state index in [-0.39, 0.29) is 31.0 Å². The topological polar surface area (TPSA) is 100 Å². The van der Waals surface area contributed by atoms with Crippen molar-refractivity contribution in [2.75, 3.05) is 20.2 Å². The number of ether oxygens (including phenoxy) is 1. The third-order valence-electron chi connectivity index (χ3n) is 5.92. The number of H-pyrrole nitrogens is 1. The van der Waals surface area contributed by atoms with E-state index >= 15 is 0 Å². The smallest absolute Gasteiger partial charge is 0.390 e. The van der Waals surface area contributed by atoms with Gasteiger partial charge in [0.15, 0.2) is 5.60 Å². The number of hydrogen-bond donors (Lipinski definition) is 3. The van der Waals surface area contributed by atoms with E-state index in [2.05, 4.69) is 31.2 Å². The summed E-state index contributed by atoms with van der Waals surface area (Å²) in [6.07, 6.45) is 7.07. The van der Waals surface area contributed by atoms with Crippen molar-refractivity contribution in [3.63, 3.8) is 0 Å². The summed E-state index contributed by atoms with van der Waals surface area (Å²) in [4.78, 5) is 16.0. The average molecular weight is 537 g/mol. The lowest BCUT2D eigenvalue weighted by atomic mass is 9.87. The number of aryl methyl sites for hydroxylation is 2. The van der Waals surface area contributed by atoms with Crippen LogP contribution in [0.25, 0.3) is 0 Å². The first-order valence-corrected chi connectivity index (χ1v) is 11.7. The molecule has 12 heteroatoms. The van der Waals surface area contributed by atoms with Crippen molar-refractivity contribution in [2.24, 2.45) is 12.0 Å². The second kappa shape index (κ2) is 11.4. The van der Waals surface area contributed by atoms with Crippen LogP contribution in [-0.4, -0.2) is 56.9 Å². The molecule has 2 aromatic heterocycles. The van der Waals surface area contributed by atoms with Gasteiger partial charge in [0.2, 0.25) is 5.90 Å². The Labute approximate surface area is 218 Å². The molecule has 1 aliphatic rings. The highest BCUT2D eigenvalue weighted by Gasteiger charge is 2.40. The average Bonchev–Trinajstić information content (AvgIpc) is 3.42. The SMILES string of the molecule is C#C/C(=C\C=C1/CC(Cl)=C(CNCCC(F)(F)F)C(OC)=N1)C(O)(c1cnc(C)[nH]1)c1cnc(C)n1C. The van der Waals surface area contributed by atoms with Gasteiger partial charge in [0, 0.05) is 48.4 Å². The Kier molecular flexibility index (Phi) is 8.68. The molecule has 0 bridgehead atoms. The molecule has 3 heterocycles. The summed E-state index contributed by atoms with van der Waals surface area (Å²) in [6.45, 7) is 3.37. The van der Waals surface area contributed by atoms with Gasteiger partial charge in [0.1, 0.15) is 11.6 Å². The highest BCUT2D eigenvalue weighted by atomic mass is 35.5. The van der Waals surface area contributed by atoms with E-state index in [0.29, 0.717) is 39.3 Å². The summed E-state index contributed by atoms with van der Waals surface area (Å²) in [5.74, 6) is 4.02. The molecular weight excluding hydrogens is 509 g/mol. The van der Waals surface area contributed by atoms with Gasteiger partial charge in [0.05, 0.1) is 37.3 Å². The minimum atomic E-state index is -4.25. The second-order valence-electron chi connectivity index (χ2n) is 8.45. The largest absolute Gasteiger partial charge is 0.481 e. The van der Waals surface area contributed by atoms with E-state index in [4.69, 9.17) is 22.8 Å². The molecule has 0 fully saturated rings. The van der Waals surface area contributed by atoms with Gasteiger partial charge in [-0.15, -0.1) is 6.42 Å². The summed E-state index contributed by atoms with van der Waals surface area (Å²) in [5, 5.41) is 15.0. The van der Waals surface area contributed by atoms with Gasteiger partial charge >= 0.3 is 6.18 Å². The molecule has 3 rings (SSSR count). The van der Waals surface area contributed by atoms with Gasteiger partial charge in [-0.1, -0.05) is 17.5 Å². The lowest BCUT2D eigenvalue weighted by molar-refractivity contribution is -0.133. The van der Waals surface area contributed by atoms with E-state index in [1.165, 1.54) is 13.3 Å². The van der Waals surface area contributed by atoms with Crippen molar-refractivity contribution in [1.29, 1.82) is 0 Å². The fourth-order valence-corrected chi connectivity index (χ4v) is 4.10. The fraction of sp³-hybridized carbons (Fsp3) is 0.400. The van der Waals surface area contributed by atoms with Crippen LogP contribution in [-0.2, 0) is 17.4 Å². The summed E-state index contributed by atoms with van der Waals surface area (Å²) in [7, 11) is 3.16. The molecule has 0 saturated carbocycles. The maximum Gasteiger partial charge on any atom is 0.390 e. The number of methoxy groups -OCH3 is 1. The van der Waals surface area contributed by atoms with Crippen LogP contribution in [0.15, 0.2) is 51.4 Å². The molecule has 0 radical (unpaired) electrons. The number of imidazole rings is 2. The number of alkyl halides is 3. The minimum Gasteiger partial charge on any atom is -0.481 e. The van der Waals surface area contributed by atoms with E-state index in [1.807, 2.05) is 0 Å². The standard InChI is InChI=1S/C25H28ClF3N6O2/c1-6-17(25(36,21-13-31-15(2)33-21)22-14-32-16(3)35(22)4)7-8-18-11-20(26)19(23(34-18)37-5)12-30-10-9-24(27,28)29/h1,7-8,13-14,30,36H,9-12H2,2-5H3,(H,31,33)/b17-7+,18-8+. The van der Waals surface area contributed by atoms with Crippen LogP contribution in [0.5, 0.6) is 0 Å². The van der Waals surface area contributed by atoms with Crippen LogP contribution in [0.2, 0.25) is 0 Å². The molecule has 0 saturated heterocycles. The molecule has 3 N–H and O–H groups in total. The van der Waals surface area contributed by atoms with E-state index in [1.54, 1.807) is 43.8 Å². The van der Waals surface area contributed by atoms with Gasteiger partial charge in [-0.25, -0.2) is 15.0 Å². The van der Waals surface area contributed by atoms with Crippen molar-refractivity contribution >= 4 is 17.5 Å². The van der Waals surface area contributed by atoms with Crippen LogP contribution < -0.4 is 5.32 Å². The third kappa shape index (κ3) is 6.33. The number of allylic oxidation sites excluding steroid dienone is 3. The first-order valence-electron chi connectivity index (χ1n) is 11.3. The summed E-state index contributed by atoms with van der Waals surface area (Å²) in [5.41, 5.74) is 0.188. The number of rotatable bonds is 8. The second-order valence-corrected chi connectivity index (χ2v) is 8.90. The number of dihydropyridines is 1. The van der Waals surface area contributed by atoms with Gasteiger partial charge in [-0.2, -0.15) is 13.2 Å². The number of terminal acetylenes is 1. The Morgan fingerprint density at radius 2 is 2.08 bits per heavy atom. The maximum absolute atomic E-state index is 12.4. The number of nitrogens with zero attached hydrogens (tertiary/aromatic N) is 4. The van der Waals surface area contributed by atoms with Crippen molar-refractivity contribution in [2.45, 2.75) is 38.5 Å². The van der Waals surface area contributed by atoms with E-state index < -0.39 is 18.2 Å². The lowest BCUT2D eigenvalue weighted by Gasteiger charge is -2.27. The van der Waals surface area contributed by atoms with E-state index in [9.17, 15) is 18.3 Å². The Morgan fingerprint density at radius 1 is 1.35 bits per heavy atom. The van der Waals surface area contributed by atoms with Gasteiger partial charge in [0.25, 0.3) is 0 Å². The quantitative estimate of drug-likeness (QED) is 0.351. The maximum atomic E-state index is 12.4. The molecule has 1 atom stereocenters. The zero-order valence-corrected chi connectivity index (χ0v) is 21.6. The number of aliphatic hydroxyl groups is 1. The zero-order valence-electron chi connectivity index (χ0n) is 20.9. The lowest BCUT2D eigenvalue weighted by Crippen LogP contribution is -2.32. The number of aliphatic imine (C=N–C) groups is 1. The third-order valence-corrected chi connectivity index (χ3v) is 6.28. The van der Waals surface area contributed by atoms with Crippen molar-refractivity contribution in [1.82, 2.24) is 24.8 Å². The van der Waals surface area contributed by atoms with Gasteiger partial charge in [-0.3, -0.25) is 0 Å². The minimum absolute atomic E-state index is 0.0685. The van der Waals surface area contributed by atoms with Gasteiger partial charge < -0.3 is 24.7 Å². The highest BCUT2D eigenvalue weighted by Crippen LogP contribution is 2.36. The first-order chi connectivity index (χ1) is 17.4. The Morgan fingerprint density at radius 3 is 2.62 bits per heavy atom. The molecule has 198 valence electrons. The predicted molar refractivity (Wildman–Crippen MR) is 135 cm³/mol. The normalized spacial score (nSPS) is 17.6. The van der Waals surface area contributed by atoms with E-state index in [0.717, 1.165) is 0 Å². The zero-order chi connectivity index (χ0) is 27.4. The Balaban J connectivity index is 1.93. The Bertz CT molecular complexity index is 1310. The van der Waals surface area contributed by atoms with Crippen LogP contribution >= 0.6 is 11.6 Å². The molecule has 0 aromatic carbocycles. The number of hydrogen-bond acceptors (Lipinski definition) is 6. The molecule has 1 aliphatic heterocycles. The van der Waals surface area contributed by atoms with Gasteiger partial charge in [-0.05, 0) is 26.0 Å². The van der Waals surface area contributed by atoms with Crippen LogP contribution in [0, 0.1) is 26.2 Å². The molecule has 2 aromatic rings. The molecule has 0 aliphatic carbocycles. The monoisotopic (exact) mass is 536 g/mol. The highest BCUT2D eigenvalue weighted by molar-refractivity contribution is 6.32. The van der Waals surface area contributed by atoms with Crippen LogP contribution in [0.3, 0.4) is 0 Å². The molecule has 8 nitrogen and oxygen atoms in total. The predicted octanol–water partition coefficient (Wildman–Crippen LogP) is 3.92. The number of halogens is 4. The van der Waals surface area contributed by atoms with Crippen molar-refractivity contribution in [3.05, 3.63) is 69.5 Å². The summed E-state index contributed by atoms with van der Waals surface area (Å²) >= 11 is 6.46. The number of aromatic nitrogens is 4. The molecule has 0 spiro atoms. The number of nitrogens with one attached hydrogen (secondary N) is 2. The molecule has 1 unspecified atom stereocenters. The molecule has 0 amide bonds. The number of aromatic amines is 1. The van der Waals surface area contributed by atoms with Crippen molar-refractivity contribution in [3.8, 4) is 12.3 Å². The first kappa shape index (κ1) is 28.2. The van der Waals surface area contributed by atoms with Crippen LogP contribution in [0.4, 0.5) is 13.2 Å². The molecule has 37 heavy (non-hydrogen) atoms. The van der Waals surface area contributed by atoms with Crippen LogP contribution in [0.1, 0.15) is 35.9 Å². The Hall–Kier alpha value is -3.33.